The topological polar surface area (TPSA) is 46.8 Å². The second-order valence-electron chi connectivity index (χ2n) is 5.89. The lowest BCUT2D eigenvalue weighted by Gasteiger charge is -2.25. The molecule has 0 N–H and O–H groups in total. The van der Waals surface area contributed by atoms with Crippen LogP contribution >= 0.6 is 11.8 Å². The quantitative estimate of drug-likeness (QED) is 0.794. The van der Waals surface area contributed by atoms with E-state index in [-0.39, 0.29) is 0 Å². The van der Waals surface area contributed by atoms with Crippen molar-refractivity contribution in [2.24, 2.45) is 0 Å². The lowest BCUT2D eigenvalue weighted by atomic mass is 10.1. The number of rotatable bonds is 5. The minimum absolute atomic E-state index is 0.875. The van der Waals surface area contributed by atoms with E-state index in [1.165, 1.54) is 43.5 Å². The van der Waals surface area contributed by atoms with Gasteiger partial charge in [0.25, 0.3) is 0 Å². The van der Waals surface area contributed by atoms with Crippen molar-refractivity contribution in [3.63, 3.8) is 0 Å². The zero-order valence-corrected chi connectivity index (χ0v) is 14.1. The number of benzene rings is 1. The number of hydrogen-bond donors (Lipinski definition) is 0. The van der Waals surface area contributed by atoms with Gasteiger partial charge in [0.2, 0.25) is 5.16 Å². The Kier molecular flexibility index (Phi) is 5.10. The Bertz CT molecular complexity index is 619. The molecule has 2 aromatic rings. The number of aromatic nitrogens is 4. The largest absolute Gasteiger partial charge is 0.303 e. The third-order valence-corrected chi connectivity index (χ3v) is 5.16. The van der Waals surface area contributed by atoms with E-state index in [2.05, 4.69) is 52.5 Å². The minimum Gasteiger partial charge on any atom is -0.303 e. The monoisotopic (exact) mass is 317 g/mol. The number of nitrogens with zero attached hydrogens (tertiary/aromatic N) is 5. The minimum atomic E-state index is 0.875. The molecule has 1 saturated heterocycles. The average Bonchev–Trinajstić information content (AvgIpc) is 3.00. The van der Waals surface area contributed by atoms with Crippen LogP contribution in [0.5, 0.6) is 0 Å². The van der Waals surface area contributed by atoms with Gasteiger partial charge in [0, 0.05) is 12.3 Å². The van der Waals surface area contributed by atoms with Crippen molar-refractivity contribution in [3.8, 4) is 5.69 Å². The molecule has 0 atom stereocenters. The van der Waals surface area contributed by atoms with Gasteiger partial charge in [0.05, 0.1) is 5.69 Å². The van der Waals surface area contributed by atoms with Crippen LogP contribution in [0.1, 0.15) is 30.4 Å². The van der Waals surface area contributed by atoms with E-state index in [4.69, 9.17) is 0 Å². The van der Waals surface area contributed by atoms with Crippen molar-refractivity contribution >= 4 is 11.8 Å². The van der Waals surface area contributed by atoms with Gasteiger partial charge in [-0.3, -0.25) is 0 Å². The third-order valence-electron chi connectivity index (χ3n) is 4.26. The third kappa shape index (κ3) is 3.67. The van der Waals surface area contributed by atoms with Gasteiger partial charge in [0.15, 0.2) is 0 Å². The molecule has 0 radical (unpaired) electrons. The number of hydrogen-bond acceptors (Lipinski definition) is 5. The highest BCUT2D eigenvalue weighted by Crippen LogP contribution is 2.20. The Morgan fingerprint density at radius 2 is 1.91 bits per heavy atom. The first kappa shape index (κ1) is 15.5. The predicted octanol–water partition coefficient (Wildman–Crippen LogP) is 2.86. The Morgan fingerprint density at radius 3 is 2.68 bits per heavy atom. The van der Waals surface area contributed by atoms with Crippen LogP contribution in [-0.4, -0.2) is 50.5 Å². The Morgan fingerprint density at radius 1 is 1.09 bits per heavy atom. The lowest BCUT2D eigenvalue weighted by molar-refractivity contribution is 0.242. The number of tetrazole rings is 1. The molecule has 1 aromatic carbocycles. The Hall–Kier alpha value is -1.40. The summed E-state index contributed by atoms with van der Waals surface area (Å²) < 4.78 is 1.84. The molecule has 0 bridgehead atoms. The van der Waals surface area contributed by atoms with Crippen LogP contribution in [0.4, 0.5) is 0 Å². The van der Waals surface area contributed by atoms with Gasteiger partial charge in [-0.25, -0.2) is 0 Å². The van der Waals surface area contributed by atoms with Gasteiger partial charge in [-0.15, -0.1) is 5.10 Å². The van der Waals surface area contributed by atoms with E-state index in [0.29, 0.717) is 0 Å². The smallest absolute Gasteiger partial charge is 0.214 e. The number of thioether (sulfide) groups is 1. The molecular weight excluding hydrogens is 294 g/mol. The van der Waals surface area contributed by atoms with Gasteiger partial charge >= 0.3 is 0 Å². The number of likely N-dealkylation sites (tertiary alicyclic amines) is 1. The molecule has 0 aliphatic carbocycles. The maximum absolute atomic E-state index is 4.17. The van der Waals surface area contributed by atoms with Crippen LogP contribution in [0.3, 0.4) is 0 Å². The summed E-state index contributed by atoms with van der Waals surface area (Å²) in [6.45, 7) is 7.83. The van der Waals surface area contributed by atoms with Gasteiger partial charge in [-0.05, 0) is 73.5 Å². The molecule has 0 unspecified atom stereocenters. The summed E-state index contributed by atoms with van der Waals surface area (Å²) in [7, 11) is 0. The fourth-order valence-electron chi connectivity index (χ4n) is 2.74. The van der Waals surface area contributed by atoms with E-state index in [1.54, 1.807) is 11.8 Å². The number of piperidine rings is 1. The highest BCUT2D eigenvalue weighted by atomic mass is 32.2. The molecule has 3 rings (SSSR count). The summed E-state index contributed by atoms with van der Waals surface area (Å²) in [4.78, 5) is 2.54. The molecule has 1 aliphatic heterocycles. The first-order valence-corrected chi connectivity index (χ1v) is 8.94. The molecule has 22 heavy (non-hydrogen) atoms. The molecule has 0 saturated carbocycles. The SMILES string of the molecule is Cc1ccc(-n2nnnc2SCCN2CCCCC2)cc1C. The van der Waals surface area contributed by atoms with Crippen molar-refractivity contribution in [1.82, 2.24) is 25.1 Å². The van der Waals surface area contributed by atoms with Crippen molar-refractivity contribution in [2.75, 3.05) is 25.4 Å². The van der Waals surface area contributed by atoms with Crippen LogP contribution < -0.4 is 0 Å². The molecule has 1 fully saturated rings. The van der Waals surface area contributed by atoms with E-state index < -0.39 is 0 Å². The molecule has 0 spiro atoms. The fourth-order valence-corrected chi connectivity index (χ4v) is 3.63. The summed E-state index contributed by atoms with van der Waals surface area (Å²) in [6.07, 6.45) is 4.06. The average molecular weight is 317 g/mol. The lowest BCUT2D eigenvalue weighted by Crippen LogP contribution is -2.31. The van der Waals surface area contributed by atoms with E-state index in [0.717, 1.165) is 23.1 Å². The highest BCUT2D eigenvalue weighted by molar-refractivity contribution is 7.99. The van der Waals surface area contributed by atoms with Crippen LogP contribution in [0, 0.1) is 13.8 Å². The molecule has 2 heterocycles. The summed E-state index contributed by atoms with van der Waals surface area (Å²) >= 11 is 1.74. The molecule has 0 amide bonds. The Labute approximate surface area is 136 Å². The van der Waals surface area contributed by atoms with Gasteiger partial charge in [-0.1, -0.05) is 24.2 Å². The molecule has 1 aromatic heterocycles. The first-order chi connectivity index (χ1) is 10.7. The van der Waals surface area contributed by atoms with Crippen LogP contribution in [0.25, 0.3) is 5.69 Å². The number of aryl methyl sites for hydroxylation is 2. The van der Waals surface area contributed by atoms with Crippen LogP contribution in [0.15, 0.2) is 23.4 Å². The zero-order chi connectivity index (χ0) is 15.4. The van der Waals surface area contributed by atoms with Crippen molar-refractivity contribution in [3.05, 3.63) is 29.3 Å². The van der Waals surface area contributed by atoms with Crippen LogP contribution in [0.2, 0.25) is 0 Å². The molecule has 6 heteroatoms. The van der Waals surface area contributed by atoms with Crippen molar-refractivity contribution < 1.29 is 0 Å². The summed E-state index contributed by atoms with van der Waals surface area (Å²) in [5.74, 6) is 1.03. The molecular formula is C16H23N5S. The highest BCUT2D eigenvalue weighted by Gasteiger charge is 2.12. The maximum Gasteiger partial charge on any atom is 0.214 e. The molecule has 118 valence electrons. The normalized spacial score (nSPS) is 16.1. The second kappa shape index (κ2) is 7.24. The second-order valence-corrected chi connectivity index (χ2v) is 6.95. The fraction of sp³-hybridized carbons (Fsp3) is 0.562. The Balaban J connectivity index is 1.63. The van der Waals surface area contributed by atoms with Gasteiger partial charge in [-0.2, -0.15) is 4.68 Å². The summed E-state index contributed by atoms with van der Waals surface area (Å²) in [5.41, 5.74) is 3.59. The van der Waals surface area contributed by atoms with E-state index in [9.17, 15) is 0 Å². The van der Waals surface area contributed by atoms with Gasteiger partial charge < -0.3 is 4.90 Å². The van der Waals surface area contributed by atoms with Crippen molar-refractivity contribution in [2.45, 2.75) is 38.3 Å². The molecule has 1 aliphatic rings. The maximum atomic E-state index is 4.17. The predicted molar refractivity (Wildman–Crippen MR) is 89.6 cm³/mol. The summed E-state index contributed by atoms with van der Waals surface area (Å²) in [6, 6.07) is 6.34. The summed E-state index contributed by atoms with van der Waals surface area (Å²) in [5, 5.41) is 13.0. The zero-order valence-electron chi connectivity index (χ0n) is 13.3. The standard InChI is InChI=1S/C16H23N5S/c1-13-6-7-15(12-14(13)2)21-16(17-18-19-21)22-11-10-20-8-4-3-5-9-20/h6-7,12H,3-5,8-11H2,1-2H3. The van der Waals surface area contributed by atoms with Gasteiger partial charge in [0.1, 0.15) is 0 Å². The van der Waals surface area contributed by atoms with Crippen molar-refractivity contribution in [1.29, 1.82) is 0 Å². The molecule has 5 nitrogen and oxygen atoms in total. The van der Waals surface area contributed by atoms with E-state index in [1.807, 2.05) is 4.68 Å². The first-order valence-electron chi connectivity index (χ1n) is 7.95. The van der Waals surface area contributed by atoms with Crippen LogP contribution in [-0.2, 0) is 0 Å². The van der Waals surface area contributed by atoms with E-state index >= 15 is 0 Å².